The van der Waals surface area contributed by atoms with Gasteiger partial charge in [0.25, 0.3) is 0 Å². The Labute approximate surface area is 99.4 Å². The van der Waals surface area contributed by atoms with Crippen LogP contribution in [0.3, 0.4) is 0 Å². The van der Waals surface area contributed by atoms with Crippen molar-refractivity contribution < 1.29 is 4.79 Å². The van der Waals surface area contributed by atoms with E-state index >= 15 is 0 Å². The van der Waals surface area contributed by atoms with Crippen LogP contribution in [0.15, 0.2) is 0 Å². The summed E-state index contributed by atoms with van der Waals surface area (Å²) in [5.41, 5.74) is 0. The predicted octanol–water partition coefficient (Wildman–Crippen LogP) is 1.93. The lowest BCUT2D eigenvalue weighted by atomic mass is 9.78. The van der Waals surface area contributed by atoms with Crippen LogP contribution in [0.4, 0.5) is 0 Å². The molecule has 0 saturated heterocycles. The van der Waals surface area contributed by atoms with Gasteiger partial charge >= 0.3 is 0 Å². The summed E-state index contributed by atoms with van der Waals surface area (Å²) in [6.45, 7) is 9.09. The molecule has 16 heavy (non-hydrogen) atoms. The molecule has 3 heteroatoms. The molecule has 94 valence electrons. The molecular weight excluding hydrogens is 200 g/mol. The largest absolute Gasteiger partial charge is 0.352 e. The van der Waals surface area contributed by atoms with Gasteiger partial charge in [0.15, 0.2) is 0 Å². The predicted molar refractivity (Wildman–Crippen MR) is 67.2 cm³/mol. The number of carbonyl (C=O) groups is 1. The zero-order valence-corrected chi connectivity index (χ0v) is 11.0. The average molecular weight is 226 g/mol. The molecule has 0 aromatic heterocycles. The third kappa shape index (κ3) is 4.12. The summed E-state index contributed by atoms with van der Waals surface area (Å²) in [6, 6.07) is 0.749. The van der Waals surface area contributed by atoms with E-state index in [1.165, 1.54) is 12.8 Å². The molecule has 0 radical (unpaired) electrons. The van der Waals surface area contributed by atoms with Gasteiger partial charge in [-0.05, 0) is 18.3 Å². The maximum atomic E-state index is 11.7. The van der Waals surface area contributed by atoms with Crippen LogP contribution in [0.2, 0.25) is 0 Å². The van der Waals surface area contributed by atoms with Gasteiger partial charge in [-0.1, -0.05) is 40.5 Å². The van der Waals surface area contributed by atoms with Gasteiger partial charge in [0.1, 0.15) is 0 Å². The van der Waals surface area contributed by atoms with E-state index in [0.717, 1.165) is 12.3 Å². The van der Waals surface area contributed by atoms with Gasteiger partial charge in [0.05, 0.1) is 6.54 Å². The van der Waals surface area contributed by atoms with Crippen molar-refractivity contribution in [3.63, 3.8) is 0 Å². The maximum Gasteiger partial charge on any atom is 0.234 e. The molecule has 1 aliphatic carbocycles. The van der Waals surface area contributed by atoms with Gasteiger partial charge in [-0.25, -0.2) is 0 Å². The molecular formula is C13H26N2O. The molecule has 3 atom stereocenters. The minimum Gasteiger partial charge on any atom is -0.352 e. The van der Waals surface area contributed by atoms with E-state index in [2.05, 4.69) is 38.3 Å². The number of carbonyl (C=O) groups excluding carboxylic acids is 1. The molecule has 0 aliphatic heterocycles. The van der Waals surface area contributed by atoms with Crippen molar-refractivity contribution in [2.75, 3.05) is 6.54 Å². The summed E-state index contributed by atoms with van der Waals surface area (Å²) >= 11 is 0. The highest BCUT2D eigenvalue weighted by atomic mass is 16.2. The van der Waals surface area contributed by atoms with E-state index in [0.29, 0.717) is 24.5 Å². The van der Waals surface area contributed by atoms with Crippen LogP contribution in [-0.2, 0) is 4.79 Å². The first kappa shape index (κ1) is 13.5. The fourth-order valence-electron chi connectivity index (χ4n) is 2.34. The lowest BCUT2D eigenvalue weighted by molar-refractivity contribution is -0.121. The highest BCUT2D eigenvalue weighted by Gasteiger charge is 2.27. The standard InChI is InChI=1S/C13H26N2O/c1-9(2)14-8-13(16)15-12-7-5-6-10(3)11(12)4/h9-12,14H,5-8H2,1-4H3,(H,15,16). The topological polar surface area (TPSA) is 41.1 Å². The molecule has 1 amide bonds. The van der Waals surface area contributed by atoms with Crippen LogP contribution in [0.5, 0.6) is 0 Å². The van der Waals surface area contributed by atoms with Crippen LogP contribution < -0.4 is 10.6 Å². The first-order valence-corrected chi connectivity index (χ1v) is 6.53. The number of amides is 1. The molecule has 0 aromatic carbocycles. The zero-order chi connectivity index (χ0) is 12.1. The van der Waals surface area contributed by atoms with Crippen LogP contribution in [0.25, 0.3) is 0 Å². The van der Waals surface area contributed by atoms with Crippen molar-refractivity contribution in [2.24, 2.45) is 11.8 Å². The molecule has 0 aromatic rings. The summed E-state index contributed by atoms with van der Waals surface area (Å²) in [5, 5.41) is 6.30. The monoisotopic (exact) mass is 226 g/mol. The lowest BCUT2D eigenvalue weighted by Crippen LogP contribution is -2.47. The molecule has 1 aliphatic rings. The van der Waals surface area contributed by atoms with Crippen molar-refractivity contribution in [2.45, 2.75) is 59.0 Å². The van der Waals surface area contributed by atoms with E-state index in [9.17, 15) is 4.79 Å². The lowest BCUT2D eigenvalue weighted by Gasteiger charge is -2.34. The third-order valence-corrected chi connectivity index (χ3v) is 3.72. The minimum absolute atomic E-state index is 0.139. The van der Waals surface area contributed by atoms with Gasteiger partial charge in [-0.2, -0.15) is 0 Å². The van der Waals surface area contributed by atoms with Gasteiger partial charge in [0, 0.05) is 12.1 Å². The summed E-state index contributed by atoms with van der Waals surface area (Å²) in [6.07, 6.45) is 3.69. The molecule has 0 bridgehead atoms. The number of rotatable bonds is 4. The van der Waals surface area contributed by atoms with E-state index < -0.39 is 0 Å². The second-order valence-electron chi connectivity index (χ2n) is 5.48. The van der Waals surface area contributed by atoms with Gasteiger partial charge in [0.2, 0.25) is 5.91 Å². The Morgan fingerprint density at radius 1 is 1.31 bits per heavy atom. The Morgan fingerprint density at radius 2 is 2.00 bits per heavy atom. The summed E-state index contributed by atoms with van der Waals surface area (Å²) in [4.78, 5) is 11.7. The zero-order valence-electron chi connectivity index (χ0n) is 11.0. The normalized spacial score (nSPS) is 30.4. The molecule has 2 N–H and O–H groups in total. The Morgan fingerprint density at radius 3 is 2.62 bits per heavy atom. The smallest absolute Gasteiger partial charge is 0.234 e. The Kier molecular flexibility index (Phi) is 5.26. The molecule has 0 heterocycles. The highest BCUT2D eigenvalue weighted by Crippen LogP contribution is 2.29. The first-order chi connectivity index (χ1) is 7.50. The van der Waals surface area contributed by atoms with Crippen LogP contribution in [0, 0.1) is 11.8 Å². The average Bonchev–Trinajstić information content (AvgIpc) is 2.22. The fraction of sp³-hybridized carbons (Fsp3) is 0.923. The first-order valence-electron chi connectivity index (χ1n) is 6.53. The van der Waals surface area contributed by atoms with Crippen LogP contribution in [-0.4, -0.2) is 24.5 Å². The Hall–Kier alpha value is -0.570. The number of hydrogen-bond acceptors (Lipinski definition) is 2. The van der Waals surface area contributed by atoms with Gasteiger partial charge in [-0.15, -0.1) is 0 Å². The quantitative estimate of drug-likeness (QED) is 0.769. The van der Waals surface area contributed by atoms with Crippen molar-refractivity contribution in [3.8, 4) is 0 Å². The summed E-state index contributed by atoms with van der Waals surface area (Å²) < 4.78 is 0. The van der Waals surface area contributed by atoms with Crippen LogP contribution >= 0.6 is 0 Å². The molecule has 3 nitrogen and oxygen atoms in total. The molecule has 1 rings (SSSR count). The van der Waals surface area contributed by atoms with E-state index in [-0.39, 0.29) is 5.91 Å². The van der Waals surface area contributed by atoms with Crippen LogP contribution in [0.1, 0.15) is 47.0 Å². The molecule has 3 unspecified atom stereocenters. The van der Waals surface area contributed by atoms with Crippen molar-refractivity contribution in [1.82, 2.24) is 10.6 Å². The Bertz CT molecular complexity index is 228. The van der Waals surface area contributed by atoms with Gasteiger partial charge in [-0.3, -0.25) is 4.79 Å². The SMILES string of the molecule is CC(C)NCC(=O)NC1CCCC(C)C1C. The second-order valence-corrected chi connectivity index (χ2v) is 5.48. The minimum atomic E-state index is 0.139. The Balaban J connectivity index is 2.32. The van der Waals surface area contributed by atoms with E-state index in [4.69, 9.17) is 0 Å². The van der Waals surface area contributed by atoms with E-state index in [1.807, 2.05) is 0 Å². The molecule has 1 saturated carbocycles. The molecule has 1 fully saturated rings. The summed E-state index contributed by atoms with van der Waals surface area (Å²) in [5.74, 6) is 1.48. The maximum absolute atomic E-state index is 11.7. The number of nitrogens with one attached hydrogen (secondary N) is 2. The van der Waals surface area contributed by atoms with Crippen molar-refractivity contribution in [3.05, 3.63) is 0 Å². The van der Waals surface area contributed by atoms with E-state index in [1.54, 1.807) is 0 Å². The third-order valence-electron chi connectivity index (χ3n) is 3.72. The van der Waals surface area contributed by atoms with Crippen molar-refractivity contribution >= 4 is 5.91 Å². The fourth-order valence-corrected chi connectivity index (χ4v) is 2.34. The molecule has 0 spiro atoms. The highest BCUT2D eigenvalue weighted by molar-refractivity contribution is 5.78. The number of hydrogen-bond donors (Lipinski definition) is 2. The summed E-state index contributed by atoms with van der Waals surface area (Å²) in [7, 11) is 0. The van der Waals surface area contributed by atoms with Gasteiger partial charge < -0.3 is 10.6 Å². The van der Waals surface area contributed by atoms with Crippen molar-refractivity contribution in [1.29, 1.82) is 0 Å². The second kappa shape index (κ2) is 6.24.